The van der Waals surface area contributed by atoms with E-state index in [9.17, 15) is 9.59 Å². The molecule has 0 aliphatic carbocycles. The first-order chi connectivity index (χ1) is 11.9. The topological polar surface area (TPSA) is 91.8 Å². The number of H-pyrrole nitrogens is 1. The van der Waals surface area contributed by atoms with Crippen molar-refractivity contribution < 1.29 is 4.79 Å². The Morgan fingerprint density at radius 3 is 2.48 bits per heavy atom. The molecule has 0 aromatic carbocycles. The van der Waals surface area contributed by atoms with Gasteiger partial charge in [0, 0.05) is 36.7 Å². The van der Waals surface area contributed by atoms with Crippen LogP contribution in [0.5, 0.6) is 0 Å². The molecule has 132 valence electrons. The van der Waals surface area contributed by atoms with Crippen LogP contribution in [-0.2, 0) is 11.2 Å². The van der Waals surface area contributed by atoms with Crippen molar-refractivity contribution in [2.45, 2.75) is 33.6 Å². The minimum absolute atomic E-state index is 0.0162. The molecule has 1 aliphatic rings. The molecular formula is C18H23N5O2. The van der Waals surface area contributed by atoms with Crippen LogP contribution in [0.2, 0.25) is 0 Å². The first-order valence-electron chi connectivity index (χ1n) is 8.59. The maximum Gasteiger partial charge on any atom is 0.255 e. The van der Waals surface area contributed by atoms with Gasteiger partial charge in [-0.3, -0.25) is 9.59 Å². The number of hydrogen-bond acceptors (Lipinski definition) is 5. The summed E-state index contributed by atoms with van der Waals surface area (Å²) in [5.41, 5.74) is 0.648. The van der Waals surface area contributed by atoms with Gasteiger partial charge in [0.1, 0.15) is 0 Å². The van der Waals surface area contributed by atoms with E-state index < -0.39 is 0 Å². The Morgan fingerprint density at radius 1 is 1.24 bits per heavy atom. The Bertz CT molecular complexity index is 808. The third-order valence-electron chi connectivity index (χ3n) is 4.55. The van der Waals surface area contributed by atoms with Crippen LogP contribution < -0.4 is 5.56 Å². The number of aromatic amines is 1. The number of nitrogens with zero attached hydrogens (tertiary/aromatic N) is 4. The van der Waals surface area contributed by atoms with Gasteiger partial charge in [-0.25, -0.2) is 15.0 Å². The van der Waals surface area contributed by atoms with Crippen molar-refractivity contribution >= 4 is 5.91 Å². The monoisotopic (exact) mass is 341 g/mol. The molecular weight excluding hydrogens is 318 g/mol. The highest BCUT2D eigenvalue weighted by Gasteiger charge is 2.26. The van der Waals surface area contributed by atoms with Gasteiger partial charge in [-0.1, -0.05) is 13.8 Å². The normalized spacial score (nSPS) is 20.5. The molecule has 0 spiro atoms. The van der Waals surface area contributed by atoms with Gasteiger partial charge in [0.05, 0.1) is 6.42 Å². The maximum absolute atomic E-state index is 12.6. The standard InChI is InChI=1S/C18H23N5O2/c1-11-7-12(2)10-23(9-11)15(24)8-14-13(3)21-17(22-18(14)25)16-19-5-4-6-20-16/h4-6,11-12H,7-10H2,1-3H3,(H,21,22,25)/t11-,12-/m0/s1. The van der Waals surface area contributed by atoms with E-state index in [1.165, 1.54) is 0 Å². The molecule has 1 aliphatic heterocycles. The largest absolute Gasteiger partial charge is 0.342 e. The number of carbonyl (C=O) groups is 1. The molecule has 0 saturated carbocycles. The van der Waals surface area contributed by atoms with Crippen molar-refractivity contribution in [1.29, 1.82) is 0 Å². The van der Waals surface area contributed by atoms with Crippen LogP contribution in [0.3, 0.4) is 0 Å². The lowest BCUT2D eigenvalue weighted by molar-refractivity contribution is -0.133. The van der Waals surface area contributed by atoms with E-state index in [1.54, 1.807) is 25.4 Å². The summed E-state index contributed by atoms with van der Waals surface area (Å²) in [6, 6.07) is 1.70. The van der Waals surface area contributed by atoms with Crippen molar-refractivity contribution in [2.75, 3.05) is 13.1 Å². The summed E-state index contributed by atoms with van der Waals surface area (Å²) >= 11 is 0. The van der Waals surface area contributed by atoms with Crippen molar-refractivity contribution in [3.63, 3.8) is 0 Å². The van der Waals surface area contributed by atoms with Gasteiger partial charge in [-0.15, -0.1) is 0 Å². The molecule has 25 heavy (non-hydrogen) atoms. The zero-order chi connectivity index (χ0) is 18.0. The number of rotatable bonds is 3. The predicted octanol–water partition coefficient (Wildman–Crippen LogP) is 1.58. The fourth-order valence-corrected chi connectivity index (χ4v) is 3.48. The molecule has 1 amide bonds. The molecule has 1 fully saturated rings. The summed E-state index contributed by atoms with van der Waals surface area (Å²) in [5, 5.41) is 0. The fraction of sp³-hybridized carbons (Fsp3) is 0.500. The number of piperidine rings is 1. The predicted molar refractivity (Wildman–Crippen MR) is 93.8 cm³/mol. The zero-order valence-electron chi connectivity index (χ0n) is 14.8. The van der Waals surface area contributed by atoms with Crippen LogP contribution >= 0.6 is 0 Å². The second kappa shape index (κ2) is 7.13. The second-order valence-corrected chi connectivity index (χ2v) is 6.97. The van der Waals surface area contributed by atoms with Crippen molar-refractivity contribution in [1.82, 2.24) is 24.8 Å². The van der Waals surface area contributed by atoms with Crippen LogP contribution in [0.4, 0.5) is 0 Å². The van der Waals surface area contributed by atoms with E-state index in [4.69, 9.17) is 0 Å². The summed E-state index contributed by atoms with van der Waals surface area (Å²) in [6.07, 6.45) is 4.39. The fourth-order valence-electron chi connectivity index (χ4n) is 3.48. The van der Waals surface area contributed by atoms with Crippen LogP contribution in [-0.4, -0.2) is 43.8 Å². The number of hydrogen-bond donors (Lipinski definition) is 1. The lowest BCUT2D eigenvalue weighted by Crippen LogP contribution is -2.43. The molecule has 0 radical (unpaired) electrons. The average molecular weight is 341 g/mol. The molecule has 1 saturated heterocycles. The van der Waals surface area contributed by atoms with Crippen LogP contribution in [0.25, 0.3) is 11.6 Å². The highest BCUT2D eigenvalue weighted by Crippen LogP contribution is 2.21. The van der Waals surface area contributed by atoms with E-state index in [-0.39, 0.29) is 17.9 Å². The minimum Gasteiger partial charge on any atom is -0.342 e. The quantitative estimate of drug-likeness (QED) is 0.915. The Hall–Kier alpha value is -2.57. The Morgan fingerprint density at radius 2 is 1.88 bits per heavy atom. The smallest absolute Gasteiger partial charge is 0.255 e. The lowest BCUT2D eigenvalue weighted by atomic mass is 9.91. The number of aromatic nitrogens is 4. The van der Waals surface area contributed by atoms with Gasteiger partial charge in [-0.05, 0) is 31.2 Å². The molecule has 1 N–H and O–H groups in total. The summed E-state index contributed by atoms with van der Waals surface area (Å²) in [5.74, 6) is 1.64. The summed E-state index contributed by atoms with van der Waals surface area (Å²) < 4.78 is 0. The van der Waals surface area contributed by atoms with Crippen LogP contribution in [0.1, 0.15) is 31.5 Å². The number of likely N-dealkylation sites (tertiary alicyclic amines) is 1. The van der Waals surface area contributed by atoms with Gasteiger partial charge in [0.15, 0.2) is 11.6 Å². The molecule has 2 aromatic heterocycles. The minimum atomic E-state index is -0.304. The Labute approximate surface area is 146 Å². The van der Waals surface area contributed by atoms with Gasteiger partial charge in [-0.2, -0.15) is 0 Å². The van der Waals surface area contributed by atoms with Gasteiger partial charge in [0.25, 0.3) is 5.56 Å². The first-order valence-corrected chi connectivity index (χ1v) is 8.59. The number of aryl methyl sites for hydroxylation is 1. The molecule has 0 bridgehead atoms. The van der Waals surface area contributed by atoms with Crippen molar-refractivity contribution in [3.8, 4) is 11.6 Å². The van der Waals surface area contributed by atoms with Crippen molar-refractivity contribution in [2.24, 2.45) is 11.8 Å². The summed E-state index contributed by atoms with van der Waals surface area (Å²) in [7, 11) is 0. The summed E-state index contributed by atoms with van der Waals surface area (Å²) in [4.78, 5) is 42.2. The van der Waals surface area contributed by atoms with E-state index in [1.807, 2.05) is 4.90 Å². The second-order valence-electron chi connectivity index (χ2n) is 6.97. The molecule has 3 heterocycles. The summed E-state index contributed by atoms with van der Waals surface area (Å²) in [6.45, 7) is 7.56. The number of amides is 1. The molecule has 7 heteroatoms. The van der Waals surface area contributed by atoms with Crippen molar-refractivity contribution in [3.05, 3.63) is 40.1 Å². The highest BCUT2D eigenvalue weighted by atomic mass is 16.2. The number of nitrogens with one attached hydrogen (secondary N) is 1. The highest BCUT2D eigenvalue weighted by molar-refractivity contribution is 5.79. The molecule has 0 unspecified atom stereocenters. The lowest BCUT2D eigenvalue weighted by Gasteiger charge is -2.35. The SMILES string of the molecule is Cc1nc(-c2ncccn2)[nH]c(=O)c1CC(=O)N1C[C@@H](C)C[C@H](C)C1. The van der Waals surface area contributed by atoms with Crippen LogP contribution in [0.15, 0.2) is 23.3 Å². The van der Waals surface area contributed by atoms with E-state index >= 15 is 0 Å². The molecule has 2 aromatic rings. The first kappa shape index (κ1) is 17.3. The molecule has 2 atom stereocenters. The Kier molecular flexibility index (Phi) is 4.92. The van der Waals surface area contributed by atoms with E-state index in [0.29, 0.717) is 34.7 Å². The average Bonchev–Trinajstić information content (AvgIpc) is 2.57. The van der Waals surface area contributed by atoms with E-state index in [0.717, 1.165) is 19.5 Å². The third-order valence-corrected chi connectivity index (χ3v) is 4.55. The zero-order valence-corrected chi connectivity index (χ0v) is 14.8. The molecule has 3 rings (SSSR count). The third kappa shape index (κ3) is 3.92. The maximum atomic E-state index is 12.6. The van der Waals surface area contributed by atoms with Gasteiger partial charge >= 0.3 is 0 Å². The molecule has 7 nitrogen and oxygen atoms in total. The van der Waals surface area contributed by atoms with Gasteiger partial charge < -0.3 is 9.88 Å². The van der Waals surface area contributed by atoms with Crippen LogP contribution in [0, 0.1) is 18.8 Å². The van der Waals surface area contributed by atoms with E-state index in [2.05, 4.69) is 33.8 Å². The number of carbonyl (C=O) groups excluding carboxylic acids is 1. The Balaban J connectivity index is 1.81. The van der Waals surface area contributed by atoms with Gasteiger partial charge in [0.2, 0.25) is 5.91 Å².